The molecule has 1 aromatic heterocycles. The Bertz CT molecular complexity index is 899. The van der Waals surface area contributed by atoms with Gasteiger partial charge in [0.15, 0.2) is 12.4 Å². The minimum atomic E-state index is -0.493. The molecule has 2 aromatic carbocycles. The number of benzene rings is 2. The van der Waals surface area contributed by atoms with Gasteiger partial charge >= 0.3 is 0 Å². The summed E-state index contributed by atoms with van der Waals surface area (Å²) in [5.41, 5.74) is 2.52. The summed E-state index contributed by atoms with van der Waals surface area (Å²) in [6.07, 6.45) is 3.66. The molecule has 0 radical (unpaired) electrons. The Morgan fingerprint density at radius 3 is 2.27 bits per heavy atom. The molecule has 0 aliphatic carbocycles. The molecule has 1 heterocycles. The molecule has 0 fully saturated rings. The lowest BCUT2D eigenvalue weighted by atomic mass is 10.1. The lowest BCUT2D eigenvalue weighted by Gasteiger charge is -2.04. The Hall–Kier alpha value is -3.06. The summed E-state index contributed by atoms with van der Waals surface area (Å²) in [6, 6.07) is 19.7. The minimum Gasteiger partial charge on any atom is -1.00 e. The molecule has 6 nitrogen and oxygen atoms in total. The number of pyridine rings is 1. The molecule has 0 aliphatic heterocycles. The Labute approximate surface area is 161 Å². The maximum Gasteiger partial charge on any atom is 0.290 e. The number of nitro benzene ring substituents is 1. The Balaban J connectivity index is 0.00000243. The monoisotopic (exact) mass is 413 g/mol. The van der Waals surface area contributed by atoms with E-state index < -0.39 is 4.92 Å². The molecule has 0 saturated heterocycles. The number of carbonyl (C=O) groups excluding carboxylic acids is 1. The van der Waals surface area contributed by atoms with Crippen molar-refractivity contribution in [2.75, 3.05) is 5.32 Å². The molecule has 7 heteroatoms. The van der Waals surface area contributed by atoms with Crippen LogP contribution in [0.25, 0.3) is 11.1 Å². The van der Waals surface area contributed by atoms with E-state index in [0.29, 0.717) is 5.69 Å². The number of carbonyl (C=O) groups is 1. The first-order chi connectivity index (χ1) is 12.1. The van der Waals surface area contributed by atoms with Gasteiger partial charge in [0.2, 0.25) is 6.54 Å². The zero-order valence-corrected chi connectivity index (χ0v) is 15.3. The molecule has 0 aliphatic rings. The number of halogens is 1. The van der Waals surface area contributed by atoms with E-state index in [0.717, 1.165) is 11.1 Å². The molecule has 3 rings (SSSR count). The smallest absolute Gasteiger partial charge is 0.290 e. The van der Waals surface area contributed by atoms with Crippen LogP contribution in [0.15, 0.2) is 79.1 Å². The van der Waals surface area contributed by atoms with Gasteiger partial charge in [-0.25, -0.2) is 0 Å². The fraction of sp³-hybridized carbons (Fsp3) is 0.0526. The van der Waals surface area contributed by atoms with Crippen molar-refractivity contribution < 1.29 is 31.3 Å². The Morgan fingerprint density at radius 1 is 0.962 bits per heavy atom. The van der Waals surface area contributed by atoms with Crippen molar-refractivity contribution in [3.63, 3.8) is 0 Å². The number of rotatable bonds is 5. The van der Waals surface area contributed by atoms with Crippen molar-refractivity contribution in [1.82, 2.24) is 0 Å². The van der Waals surface area contributed by atoms with Gasteiger partial charge in [-0.2, -0.15) is 4.57 Å². The first-order valence-electron chi connectivity index (χ1n) is 7.71. The number of non-ortho nitro benzene ring substituents is 1. The number of nitro groups is 1. The molecular formula is C19H16BrN3O3. The quantitative estimate of drug-likeness (QED) is 0.368. The predicted octanol–water partition coefficient (Wildman–Crippen LogP) is 0.192. The summed E-state index contributed by atoms with van der Waals surface area (Å²) in [6.45, 7) is 0.123. The Morgan fingerprint density at radius 2 is 1.62 bits per heavy atom. The first-order valence-corrected chi connectivity index (χ1v) is 7.71. The molecule has 132 valence electrons. The van der Waals surface area contributed by atoms with Gasteiger partial charge in [0, 0.05) is 30.0 Å². The van der Waals surface area contributed by atoms with Gasteiger partial charge in [-0.1, -0.05) is 36.4 Å². The molecule has 0 unspecified atom stereocenters. The van der Waals surface area contributed by atoms with Crippen LogP contribution in [0.4, 0.5) is 11.4 Å². The van der Waals surface area contributed by atoms with Crippen LogP contribution < -0.4 is 26.9 Å². The van der Waals surface area contributed by atoms with Gasteiger partial charge in [-0.15, -0.1) is 0 Å². The number of hydrogen-bond donors (Lipinski definition) is 1. The molecule has 0 saturated carbocycles. The average Bonchev–Trinajstić information content (AvgIpc) is 2.63. The predicted molar refractivity (Wildman–Crippen MR) is 93.8 cm³/mol. The number of nitrogens with one attached hydrogen (secondary N) is 1. The van der Waals surface area contributed by atoms with Crippen molar-refractivity contribution >= 4 is 17.3 Å². The molecule has 26 heavy (non-hydrogen) atoms. The fourth-order valence-corrected chi connectivity index (χ4v) is 2.45. The molecule has 3 aromatic rings. The van der Waals surface area contributed by atoms with Crippen molar-refractivity contribution in [3.8, 4) is 11.1 Å². The summed E-state index contributed by atoms with van der Waals surface area (Å²) in [7, 11) is 0. The van der Waals surface area contributed by atoms with E-state index in [1.807, 2.05) is 54.9 Å². The van der Waals surface area contributed by atoms with Crippen LogP contribution in [0.2, 0.25) is 0 Å². The zero-order chi connectivity index (χ0) is 17.6. The van der Waals surface area contributed by atoms with Crippen LogP contribution in [0.5, 0.6) is 0 Å². The molecule has 1 amide bonds. The van der Waals surface area contributed by atoms with E-state index in [1.54, 1.807) is 10.6 Å². The second-order valence-corrected chi connectivity index (χ2v) is 5.48. The van der Waals surface area contributed by atoms with E-state index in [4.69, 9.17) is 0 Å². The van der Waals surface area contributed by atoms with Crippen molar-refractivity contribution in [2.24, 2.45) is 0 Å². The van der Waals surface area contributed by atoms with Crippen LogP contribution >= 0.6 is 0 Å². The summed E-state index contributed by atoms with van der Waals surface area (Å²) < 4.78 is 1.75. The average molecular weight is 414 g/mol. The Kier molecular flexibility index (Phi) is 6.57. The second kappa shape index (κ2) is 8.87. The number of amides is 1. The molecule has 0 atom stereocenters. The lowest BCUT2D eigenvalue weighted by Crippen LogP contribution is -3.00. The summed E-state index contributed by atoms with van der Waals surface area (Å²) in [5.74, 6) is -0.252. The van der Waals surface area contributed by atoms with Gasteiger partial charge in [0.1, 0.15) is 0 Å². The summed E-state index contributed by atoms with van der Waals surface area (Å²) in [4.78, 5) is 22.4. The minimum absolute atomic E-state index is 0. The normalized spacial score (nSPS) is 9.85. The molecule has 1 N–H and O–H groups in total. The number of nitrogens with zero attached hydrogens (tertiary/aromatic N) is 2. The number of hydrogen-bond acceptors (Lipinski definition) is 3. The van der Waals surface area contributed by atoms with Gasteiger partial charge < -0.3 is 22.3 Å². The highest BCUT2D eigenvalue weighted by Gasteiger charge is 2.12. The van der Waals surface area contributed by atoms with E-state index in [9.17, 15) is 14.9 Å². The highest BCUT2D eigenvalue weighted by Crippen LogP contribution is 2.17. The van der Waals surface area contributed by atoms with Gasteiger partial charge in [0.05, 0.1) is 4.92 Å². The van der Waals surface area contributed by atoms with Crippen molar-refractivity contribution in [3.05, 3.63) is 89.2 Å². The van der Waals surface area contributed by atoms with Crippen LogP contribution in [0.1, 0.15) is 0 Å². The third-order valence-corrected chi connectivity index (χ3v) is 3.67. The maximum absolute atomic E-state index is 12.1. The summed E-state index contributed by atoms with van der Waals surface area (Å²) in [5, 5.41) is 13.4. The first kappa shape index (κ1) is 19.3. The number of aromatic nitrogens is 1. The van der Waals surface area contributed by atoms with Crippen molar-refractivity contribution in [1.29, 1.82) is 0 Å². The van der Waals surface area contributed by atoms with Gasteiger partial charge in [-0.3, -0.25) is 14.9 Å². The third kappa shape index (κ3) is 4.97. The van der Waals surface area contributed by atoms with Crippen LogP contribution in [0.3, 0.4) is 0 Å². The van der Waals surface area contributed by atoms with E-state index in [2.05, 4.69) is 5.32 Å². The van der Waals surface area contributed by atoms with Gasteiger partial charge in [0.25, 0.3) is 11.6 Å². The van der Waals surface area contributed by atoms with E-state index in [1.165, 1.54) is 18.2 Å². The second-order valence-electron chi connectivity index (χ2n) is 5.48. The highest BCUT2D eigenvalue weighted by molar-refractivity contribution is 5.90. The van der Waals surface area contributed by atoms with Crippen LogP contribution in [0, 0.1) is 10.1 Å². The molecule has 0 spiro atoms. The number of anilines is 1. The standard InChI is InChI=1S/C19H15N3O3.BrH/c23-19(20-17-7-4-8-18(13-17)22(24)25)14-21-11-9-16(10-12-21)15-5-2-1-3-6-15;/h1-13H,14H2;1H. The molecule has 0 bridgehead atoms. The summed E-state index contributed by atoms with van der Waals surface area (Å²) >= 11 is 0. The largest absolute Gasteiger partial charge is 1.00 e. The maximum atomic E-state index is 12.1. The van der Waals surface area contributed by atoms with Crippen LogP contribution in [-0.2, 0) is 11.3 Å². The SMILES string of the molecule is O=C(C[n+]1ccc(-c2ccccc2)cc1)Nc1cccc([N+](=O)[O-])c1.[Br-]. The van der Waals surface area contributed by atoms with Gasteiger partial charge in [-0.05, 0) is 17.2 Å². The molecular weight excluding hydrogens is 398 g/mol. The van der Waals surface area contributed by atoms with Crippen molar-refractivity contribution in [2.45, 2.75) is 6.54 Å². The third-order valence-electron chi connectivity index (χ3n) is 3.67. The topological polar surface area (TPSA) is 76.1 Å². The van der Waals surface area contributed by atoms with Crippen LogP contribution in [-0.4, -0.2) is 10.8 Å². The lowest BCUT2D eigenvalue weighted by molar-refractivity contribution is -0.684. The van der Waals surface area contributed by atoms with E-state index in [-0.39, 0.29) is 35.1 Å². The van der Waals surface area contributed by atoms with E-state index >= 15 is 0 Å². The fourth-order valence-electron chi connectivity index (χ4n) is 2.45. The highest BCUT2D eigenvalue weighted by atomic mass is 79.9. The zero-order valence-electron chi connectivity index (χ0n) is 13.7.